The van der Waals surface area contributed by atoms with Crippen molar-refractivity contribution in [1.82, 2.24) is 10.2 Å². The van der Waals surface area contributed by atoms with Crippen LogP contribution in [0.4, 0.5) is 5.69 Å². The Morgan fingerprint density at radius 1 is 0.875 bits per heavy atom. The molecule has 3 rings (SSSR count). The number of aryl methyl sites for hydroxylation is 2. The largest absolute Gasteiger partial charge is 0.352 e. The zero-order valence-corrected chi connectivity index (χ0v) is 24.9. The van der Waals surface area contributed by atoms with Gasteiger partial charge >= 0.3 is 0 Å². The maximum Gasteiger partial charge on any atom is 0.244 e. The Labute approximate surface area is 239 Å². The fourth-order valence-electron chi connectivity index (χ4n) is 4.61. The summed E-state index contributed by atoms with van der Waals surface area (Å²) in [5, 5.41) is 3.05. The molecule has 0 radical (unpaired) electrons. The number of benzene rings is 3. The first-order chi connectivity index (χ1) is 19.0. The van der Waals surface area contributed by atoms with E-state index < -0.39 is 28.5 Å². The number of carbonyl (C=O) groups is 2. The van der Waals surface area contributed by atoms with Gasteiger partial charge in [-0.2, -0.15) is 0 Å². The Kier molecular flexibility index (Phi) is 10.9. The van der Waals surface area contributed by atoms with Crippen molar-refractivity contribution in [3.8, 4) is 0 Å². The first-order valence-corrected chi connectivity index (χ1v) is 15.6. The molecule has 3 aromatic rings. The lowest BCUT2D eigenvalue weighted by atomic mass is 10.0. The molecular weight excluding hydrogens is 522 g/mol. The molecule has 40 heavy (non-hydrogen) atoms. The van der Waals surface area contributed by atoms with E-state index in [-0.39, 0.29) is 18.5 Å². The van der Waals surface area contributed by atoms with Gasteiger partial charge in [-0.1, -0.05) is 86.6 Å². The summed E-state index contributed by atoms with van der Waals surface area (Å²) in [6.45, 7) is 7.58. The van der Waals surface area contributed by atoms with Crippen LogP contribution in [0.5, 0.6) is 0 Å². The van der Waals surface area contributed by atoms with E-state index in [0.717, 1.165) is 39.2 Å². The van der Waals surface area contributed by atoms with Gasteiger partial charge in [-0.3, -0.25) is 13.9 Å². The van der Waals surface area contributed by atoms with E-state index in [1.807, 2.05) is 94.4 Å². The molecule has 0 heterocycles. The van der Waals surface area contributed by atoms with Gasteiger partial charge in [0.1, 0.15) is 12.6 Å². The van der Waals surface area contributed by atoms with Gasteiger partial charge < -0.3 is 10.2 Å². The van der Waals surface area contributed by atoms with Gasteiger partial charge in [0.15, 0.2) is 0 Å². The van der Waals surface area contributed by atoms with Gasteiger partial charge in [-0.05, 0) is 55.0 Å². The van der Waals surface area contributed by atoms with E-state index in [2.05, 4.69) is 5.32 Å². The molecule has 0 aliphatic heterocycles. The van der Waals surface area contributed by atoms with Crippen LogP contribution < -0.4 is 9.62 Å². The highest BCUT2D eigenvalue weighted by Crippen LogP contribution is 2.25. The number of nitrogens with one attached hydrogen (secondary N) is 1. The second-order valence-corrected chi connectivity index (χ2v) is 12.1. The van der Waals surface area contributed by atoms with E-state index in [0.29, 0.717) is 18.5 Å². The molecule has 0 aromatic heterocycles. The Hall–Kier alpha value is -3.65. The Morgan fingerprint density at radius 2 is 1.48 bits per heavy atom. The van der Waals surface area contributed by atoms with Crippen molar-refractivity contribution >= 4 is 27.5 Å². The maximum atomic E-state index is 14.2. The average molecular weight is 564 g/mol. The van der Waals surface area contributed by atoms with Crippen LogP contribution in [0.2, 0.25) is 0 Å². The number of carbonyl (C=O) groups excluding carboxylic acids is 2. The zero-order valence-electron chi connectivity index (χ0n) is 24.1. The van der Waals surface area contributed by atoms with Crippen molar-refractivity contribution in [2.75, 3.05) is 17.1 Å². The average Bonchev–Trinajstić information content (AvgIpc) is 2.94. The van der Waals surface area contributed by atoms with Crippen molar-refractivity contribution in [1.29, 1.82) is 0 Å². The number of anilines is 1. The van der Waals surface area contributed by atoms with E-state index in [9.17, 15) is 18.0 Å². The topological polar surface area (TPSA) is 86.8 Å². The van der Waals surface area contributed by atoms with Gasteiger partial charge in [0.25, 0.3) is 0 Å². The molecule has 0 aliphatic rings. The second-order valence-electron chi connectivity index (χ2n) is 10.2. The highest BCUT2D eigenvalue weighted by molar-refractivity contribution is 7.92. The summed E-state index contributed by atoms with van der Waals surface area (Å²) in [6.07, 6.45) is 2.75. The SMILES string of the molecule is CCc1ccccc1N(CC(=O)N(Cc1ccccc1C)C(Cc1ccccc1)C(=O)NC(C)CC)S(C)(=O)=O. The second kappa shape index (κ2) is 14.1. The number of hydrogen-bond acceptors (Lipinski definition) is 4. The summed E-state index contributed by atoms with van der Waals surface area (Å²) in [5.41, 5.74) is 4.08. The summed E-state index contributed by atoms with van der Waals surface area (Å²) >= 11 is 0. The number of amides is 2. The molecule has 7 nitrogen and oxygen atoms in total. The number of nitrogens with zero attached hydrogens (tertiary/aromatic N) is 2. The zero-order chi connectivity index (χ0) is 29.3. The molecule has 1 N–H and O–H groups in total. The highest BCUT2D eigenvalue weighted by atomic mass is 32.2. The maximum absolute atomic E-state index is 14.2. The normalized spacial score (nSPS) is 12.8. The Bertz CT molecular complexity index is 1390. The third-order valence-corrected chi connectivity index (χ3v) is 8.32. The van der Waals surface area contributed by atoms with Crippen LogP contribution in [-0.4, -0.2) is 50.0 Å². The number of sulfonamides is 1. The fourth-order valence-corrected chi connectivity index (χ4v) is 5.49. The third-order valence-electron chi connectivity index (χ3n) is 7.19. The molecule has 0 aliphatic carbocycles. The lowest BCUT2D eigenvalue weighted by Gasteiger charge is -2.34. The lowest BCUT2D eigenvalue weighted by Crippen LogP contribution is -2.54. The molecule has 2 unspecified atom stereocenters. The van der Waals surface area contributed by atoms with Crippen LogP contribution in [0.3, 0.4) is 0 Å². The van der Waals surface area contributed by atoms with Gasteiger partial charge in [0, 0.05) is 19.0 Å². The van der Waals surface area contributed by atoms with Gasteiger partial charge in [-0.25, -0.2) is 8.42 Å². The van der Waals surface area contributed by atoms with Crippen molar-refractivity contribution in [2.24, 2.45) is 0 Å². The quantitative estimate of drug-likeness (QED) is 0.321. The first-order valence-electron chi connectivity index (χ1n) is 13.8. The minimum atomic E-state index is -3.80. The standard InChI is InChI=1S/C32H41N3O4S/c1-6-25(4)33-32(37)30(21-26-16-9-8-10-17-26)34(22-28-19-12-11-15-24(28)3)31(36)23-35(40(5,38)39)29-20-14-13-18-27(29)7-2/h8-20,25,30H,6-7,21-23H2,1-5H3,(H,33,37). The molecule has 0 spiro atoms. The van der Waals surface area contributed by atoms with E-state index in [1.54, 1.807) is 17.0 Å². The van der Waals surface area contributed by atoms with Crippen LogP contribution in [0, 0.1) is 6.92 Å². The molecule has 0 saturated heterocycles. The van der Waals surface area contributed by atoms with Gasteiger partial charge in [0.05, 0.1) is 11.9 Å². The number of hydrogen-bond donors (Lipinski definition) is 1. The van der Waals surface area contributed by atoms with Crippen LogP contribution in [-0.2, 0) is 39.0 Å². The predicted molar refractivity (Wildman–Crippen MR) is 162 cm³/mol. The Morgan fingerprint density at radius 3 is 2.08 bits per heavy atom. The highest BCUT2D eigenvalue weighted by Gasteiger charge is 2.34. The molecule has 0 bridgehead atoms. The minimum Gasteiger partial charge on any atom is -0.352 e. The molecule has 2 amide bonds. The van der Waals surface area contributed by atoms with Crippen LogP contribution in [0.15, 0.2) is 78.9 Å². The molecule has 0 saturated carbocycles. The summed E-state index contributed by atoms with van der Waals surface area (Å²) in [6, 6.07) is 23.6. The summed E-state index contributed by atoms with van der Waals surface area (Å²) < 4.78 is 27.2. The predicted octanol–water partition coefficient (Wildman–Crippen LogP) is 4.88. The van der Waals surface area contributed by atoms with Crippen molar-refractivity contribution in [3.05, 3.63) is 101 Å². The van der Waals surface area contributed by atoms with E-state index >= 15 is 0 Å². The lowest BCUT2D eigenvalue weighted by molar-refractivity contribution is -0.140. The van der Waals surface area contributed by atoms with Crippen LogP contribution >= 0.6 is 0 Å². The van der Waals surface area contributed by atoms with Crippen molar-refractivity contribution < 1.29 is 18.0 Å². The molecule has 8 heteroatoms. The molecule has 0 fully saturated rings. The van der Waals surface area contributed by atoms with Crippen molar-refractivity contribution in [3.63, 3.8) is 0 Å². The first kappa shape index (κ1) is 30.9. The van der Waals surface area contributed by atoms with Crippen molar-refractivity contribution in [2.45, 2.75) is 65.6 Å². The van der Waals surface area contributed by atoms with E-state index in [4.69, 9.17) is 0 Å². The monoisotopic (exact) mass is 563 g/mol. The third kappa shape index (κ3) is 8.18. The van der Waals surface area contributed by atoms with Crippen LogP contribution in [0.25, 0.3) is 0 Å². The summed E-state index contributed by atoms with van der Waals surface area (Å²) in [5.74, 6) is -0.709. The molecule has 214 valence electrons. The smallest absolute Gasteiger partial charge is 0.244 e. The fraction of sp³-hybridized carbons (Fsp3) is 0.375. The number of rotatable bonds is 13. The summed E-state index contributed by atoms with van der Waals surface area (Å²) in [4.78, 5) is 29.5. The molecule has 3 aromatic carbocycles. The van der Waals surface area contributed by atoms with Gasteiger partial charge in [-0.15, -0.1) is 0 Å². The molecule has 2 atom stereocenters. The summed E-state index contributed by atoms with van der Waals surface area (Å²) in [7, 11) is -3.80. The number of para-hydroxylation sites is 1. The minimum absolute atomic E-state index is 0.0786. The van der Waals surface area contributed by atoms with Crippen LogP contribution in [0.1, 0.15) is 49.4 Å². The molecular formula is C32H41N3O4S. The Balaban J connectivity index is 2.09. The van der Waals surface area contributed by atoms with E-state index in [1.165, 1.54) is 0 Å². The van der Waals surface area contributed by atoms with Gasteiger partial charge in [0.2, 0.25) is 21.8 Å².